The van der Waals surface area contributed by atoms with Gasteiger partial charge in [-0.15, -0.1) is 0 Å². The normalized spacial score (nSPS) is 14.6. The Morgan fingerprint density at radius 3 is 2.44 bits per heavy atom. The third-order valence-corrected chi connectivity index (χ3v) is 6.15. The number of para-hydroxylation sites is 1. The highest BCUT2D eigenvalue weighted by Gasteiger charge is 2.34. The van der Waals surface area contributed by atoms with Crippen LogP contribution in [0.4, 0.5) is 11.5 Å². The smallest absolute Gasteiger partial charge is 0.255 e. The number of methoxy groups -OCH3 is 2. The van der Waals surface area contributed by atoms with Gasteiger partial charge in [0.1, 0.15) is 17.6 Å². The molecule has 8 nitrogen and oxygen atoms in total. The van der Waals surface area contributed by atoms with Gasteiger partial charge in [0.2, 0.25) is 0 Å². The molecule has 5 rings (SSSR count). The first-order chi connectivity index (χ1) is 17.5. The molecule has 3 N–H and O–H groups in total. The number of nitrogens with one attached hydrogen (secondary N) is 2. The maximum atomic E-state index is 13.6. The molecule has 0 bridgehead atoms. The Labute approximate surface area is 208 Å². The van der Waals surface area contributed by atoms with Crippen molar-refractivity contribution in [3.8, 4) is 28.5 Å². The van der Waals surface area contributed by atoms with Crippen LogP contribution < -0.4 is 20.1 Å². The highest BCUT2D eigenvalue weighted by atomic mass is 16.5. The molecule has 0 fully saturated rings. The molecule has 2 heterocycles. The van der Waals surface area contributed by atoms with Gasteiger partial charge in [-0.3, -0.25) is 4.79 Å². The Hall–Kier alpha value is -4.72. The number of carbonyl (C=O) groups is 1. The molecule has 1 atom stereocenters. The number of carbonyl (C=O) groups excluding carboxylic acids is 1. The minimum atomic E-state index is -0.563. The number of rotatable bonds is 6. The Bertz CT molecular complexity index is 1440. The predicted molar refractivity (Wildman–Crippen MR) is 138 cm³/mol. The third-order valence-electron chi connectivity index (χ3n) is 6.15. The van der Waals surface area contributed by atoms with E-state index < -0.39 is 6.04 Å². The summed E-state index contributed by atoms with van der Waals surface area (Å²) < 4.78 is 12.4. The third kappa shape index (κ3) is 4.24. The fourth-order valence-corrected chi connectivity index (χ4v) is 4.36. The molecule has 1 aliphatic rings. The number of allylic oxidation sites excluding steroid dienone is 1. The number of hydrogen-bond acceptors (Lipinski definition) is 6. The SMILES string of the molecule is COc1ccc(-c2cc3n(n2)C(c2ccc(O)c(OC)c2)C(C(=O)Nc2ccccc2)=C(C)N3)cc1. The van der Waals surface area contributed by atoms with Crippen LogP contribution in [0.25, 0.3) is 11.3 Å². The molecular formula is C28H26N4O4. The first kappa shape index (κ1) is 23.0. The van der Waals surface area contributed by atoms with Gasteiger partial charge in [-0.05, 0) is 61.0 Å². The average molecular weight is 483 g/mol. The fraction of sp³-hybridized carbons (Fsp3) is 0.143. The number of ether oxygens (including phenoxy) is 2. The van der Waals surface area contributed by atoms with Crippen LogP contribution in [0.15, 0.2) is 90.1 Å². The van der Waals surface area contributed by atoms with Crippen molar-refractivity contribution in [1.29, 1.82) is 0 Å². The number of anilines is 2. The quantitative estimate of drug-likeness (QED) is 0.350. The van der Waals surface area contributed by atoms with Gasteiger partial charge < -0.3 is 25.2 Å². The summed E-state index contributed by atoms with van der Waals surface area (Å²) in [6, 6.07) is 23.4. The van der Waals surface area contributed by atoms with Gasteiger partial charge in [0.25, 0.3) is 5.91 Å². The van der Waals surface area contributed by atoms with Crippen molar-refractivity contribution in [1.82, 2.24) is 9.78 Å². The molecule has 1 aromatic heterocycles. The highest BCUT2D eigenvalue weighted by molar-refractivity contribution is 6.06. The molecule has 1 amide bonds. The van der Waals surface area contributed by atoms with E-state index in [1.807, 2.05) is 67.6 Å². The largest absolute Gasteiger partial charge is 0.504 e. The summed E-state index contributed by atoms with van der Waals surface area (Å²) in [5.41, 5.74) is 4.30. The Balaban J connectivity index is 1.61. The van der Waals surface area contributed by atoms with Crippen LogP contribution in [0.2, 0.25) is 0 Å². The van der Waals surface area contributed by atoms with Gasteiger partial charge in [-0.25, -0.2) is 4.68 Å². The van der Waals surface area contributed by atoms with Crippen LogP contribution in [0, 0.1) is 0 Å². The molecule has 8 heteroatoms. The van der Waals surface area contributed by atoms with Gasteiger partial charge >= 0.3 is 0 Å². The lowest BCUT2D eigenvalue weighted by molar-refractivity contribution is -0.113. The summed E-state index contributed by atoms with van der Waals surface area (Å²) in [7, 11) is 3.12. The van der Waals surface area contributed by atoms with E-state index in [-0.39, 0.29) is 11.7 Å². The molecule has 0 aliphatic carbocycles. The standard InChI is InChI=1S/C28H26N4O4/c1-17-26(28(34)30-20-7-5-4-6-8-20)27(19-11-14-23(33)24(15-19)36-3)32-25(29-17)16-22(31-32)18-9-12-21(35-2)13-10-18/h4-16,27,29,33H,1-3H3,(H,30,34). The molecule has 1 aliphatic heterocycles. The number of aromatic nitrogens is 2. The minimum absolute atomic E-state index is 0.0192. The minimum Gasteiger partial charge on any atom is -0.504 e. The second kappa shape index (κ2) is 9.50. The molecule has 0 spiro atoms. The average Bonchev–Trinajstić information content (AvgIpc) is 3.32. The molecule has 0 saturated carbocycles. The van der Waals surface area contributed by atoms with E-state index >= 15 is 0 Å². The van der Waals surface area contributed by atoms with Crippen molar-refractivity contribution in [2.45, 2.75) is 13.0 Å². The van der Waals surface area contributed by atoms with Gasteiger partial charge in [0.05, 0.1) is 25.5 Å². The van der Waals surface area contributed by atoms with Crippen molar-refractivity contribution in [2.75, 3.05) is 24.9 Å². The van der Waals surface area contributed by atoms with E-state index in [0.717, 1.165) is 28.4 Å². The number of nitrogens with zero attached hydrogens (tertiary/aromatic N) is 2. The molecule has 1 unspecified atom stereocenters. The van der Waals surface area contributed by atoms with E-state index in [9.17, 15) is 9.90 Å². The predicted octanol–water partition coefficient (Wildman–Crippen LogP) is 5.20. The van der Waals surface area contributed by atoms with E-state index in [0.29, 0.717) is 22.7 Å². The number of aromatic hydroxyl groups is 1. The second-order valence-electron chi connectivity index (χ2n) is 8.41. The zero-order chi connectivity index (χ0) is 25.2. The fourth-order valence-electron chi connectivity index (χ4n) is 4.36. The van der Waals surface area contributed by atoms with Crippen LogP contribution >= 0.6 is 0 Å². The lowest BCUT2D eigenvalue weighted by Gasteiger charge is -2.30. The molecule has 182 valence electrons. The van der Waals surface area contributed by atoms with Gasteiger partial charge in [-0.2, -0.15) is 5.10 Å². The summed E-state index contributed by atoms with van der Waals surface area (Å²) in [6.45, 7) is 1.87. The molecule has 36 heavy (non-hydrogen) atoms. The van der Waals surface area contributed by atoms with Crippen molar-refractivity contribution in [3.05, 3.63) is 95.7 Å². The van der Waals surface area contributed by atoms with Gasteiger partial charge in [-0.1, -0.05) is 24.3 Å². The number of hydrogen-bond donors (Lipinski definition) is 3. The molecule has 0 radical (unpaired) electrons. The monoisotopic (exact) mass is 482 g/mol. The molecule has 3 aromatic carbocycles. The van der Waals surface area contributed by atoms with Crippen LogP contribution in [-0.4, -0.2) is 35.0 Å². The number of amides is 1. The van der Waals surface area contributed by atoms with Crippen LogP contribution in [0.1, 0.15) is 18.5 Å². The zero-order valence-corrected chi connectivity index (χ0v) is 20.1. The number of benzene rings is 3. The molecular weight excluding hydrogens is 456 g/mol. The van der Waals surface area contributed by atoms with Crippen LogP contribution in [0.5, 0.6) is 17.2 Å². The Morgan fingerprint density at radius 2 is 1.75 bits per heavy atom. The first-order valence-electron chi connectivity index (χ1n) is 11.4. The topological polar surface area (TPSA) is 97.6 Å². The maximum absolute atomic E-state index is 13.6. The Kier molecular flexibility index (Phi) is 6.08. The van der Waals surface area contributed by atoms with Crippen LogP contribution in [0.3, 0.4) is 0 Å². The summed E-state index contributed by atoms with van der Waals surface area (Å²) in [5.74, 6) is 1.58. The second-order valence-corrected chi connectivity index (χ2v) is 8.41. The molecule has 0 saturated heterocycles. The summed E-state index contributed by atoms with van der Waals surface area (Å²) in [4.78, 5) is 13.6. The lowest BCUT2D eigenvalue weighted by atomic mass is 9.94. The van der Waals surface area contributed by atoms with E-state index in [1.165, 1.54) is 7.11 Å². The number of phenols is 1. The van der Waals surface area contributed by atoms with Crippen molar-refractivity contribution >= 4 is 17.4 Å². The van der Waals surface area contributed by atoms with Crippen molar-refractivity contribution < 1.29 is 19.4 Å². The van der Waals surface area contributed by atoms with Gasteiger partial charge in [0, 0.05) is 23.0 Å². The zero-order valence-electron chi connectivity index (χ0n) is 20.1. The van der Waals surface area contributed by atoms with Crippen molar-refractivity contribution in [2.24, 2.45) is 0 Å². The van der Waals surface area contributed by atoms with E-state index in [1.54, 1.807) is 30.0 Å². The summed E-state index contributed by atoms with van der Waals surface area (Å²) in [6.07, 6.45) is 0. The van der Waals surface area contributed by atoms with Crippen LogP contribution in [-0.2, 0) is 4.79 Å². The summed E-state index contributed by atoms with van der Waals surface area (Å²) in [5, 5.41) is 21.4. The molecule has 4 aromatic rings. The number of phenolic OH excluding ortho intramolecular Hbond substituents is 1. The summed E-state index contributed by atoms with van der Waals surface area (Å²) >= 11 is 0. The van der Waals surface area contributed by atoms with E-state index in [2.05, 4.69) is 10.6 Å². The first-order valence-corrected chi connectivity index (χ1v) is 11.4. The van der Waals surface area contributed by atoms with Crippen molar-refractivity contribution in [3.63, 3.8) is 0 Å². The highest BCUT2D eigenvalue weighted by Crippen LogP contribution is 2.40. The number of fused-ring (bicyclic) bond motifs is 1. The Morgan fingerprint density at radius 1 is 1.00 bits per heavy atom. The maximum Gasteiger partial charge on any atom is 0.255 e. The van der Waals surface area contributed by atoms with Gasteiger partial charge in [0.15, 0.2) is 11.5 Å². The van der Waals surface area contributed by atoms with E-state index in [4.69, 9.17) is 14.6 Å². The lowest BCUT2D eigenvalue weighted by Crippen LogP contribution is -2.31.